The molecule has 1 N–H and O–H groups in total. The normalized spacial score (nSPS) is 17.7. The van der Waals surface area contributed by atoms with E-state index in [-0.39, 0.29) is 30.0 Å². The molecular weight excluding hydrogens is 402 g/mol. The first kappa shape index (κ1) is 22.2. The second-order valence-electron chi connectivity index (χ2n) is 6.83. The van der Waals surface area contributed by atoms with Gasteiger partial charge in [0.05, 0.1) is 45.1 Å². The fourth-order valence-corrected chi connectivity index (χ4v) is 3.60. The predicted octanol–water partition coefficient (Wildman–Crippen LogP) is 2.78. The summed E-state index contributed by atoms with van der Waals surface area (Å²) in [5.41, 5.74) is 0.877. The fraction of sp³-hybridized carbons (Fsp3) is 0.304. The van der Waals surface area contributed by atoms with Crippen LogP contribution in [-0.4, -0.2) is 63.3 Å². The van der Waals surface area contributed by atoms with E-state index in [0.717, 1.165) is 0 Å². The quantitative estimate of drug-likeness (QED) is 0.393. The van der Waals surface area contributed by atoms with Crippen molar-refractivity contribution in [3.63, 3.8) is 0 Å². The van der Waals surface area contributed by atoms with Crippen LogP contribution in [0.5, 0.6) is 17.2 Å². The standard InChI is InChI=1S/C23H25NO7/c1-28-11-10-24-20(14-6-5-7-15(12-14)29-2)19(22(26)23(24)27)21(25)17-9-8-16(30-3)13-18(17)31-4/h5-9,12-13,20,25H,10-11H2,1-4H3/b21-19-. The zero-order valence-electron chi connectivity index (χ0n) is 17.9. The van der Waals surface area contributed by atoms with E-state index >= 15 is 0 Å². The van der Waals surface area contributed by atoms with Crippen molar-refractivity contribution in [2.45, 2.75) is 6.04 Å². The summed E-state index contributed by atoms with van der Waals surface area (Å²) in [6.07, 6.45) is 0. The first-order valence-electron chi connectivity index (χ1n) is 9.60. The highest BCUT2D eigenvalue weighted by Crippen LogP contribution is 2.42. The second-order valence-corrected chi connectivity index (χ2v) is 6.83. The largest absolute Gasteiger partial charge is 0.507 e. The number of aliphatic hydroxyl groups excluding tert-OH is 1. The molecule has 8 heteroatoms. The SMILES string of the molecule is COCCN1C(=O)C(=O)/C(=C(\O)c2ccc(OC)cc2OC)C1c1cccc(OC)c1. The molecule has 1 atom stereocenters. The van der Waals surface area contributed by atoms with Gasteiger partial charge in [-0.2, -0.15) is 0 Å². The molecule has 1 fully saturated rings. The van der Waals surface area contributed by atoms with Crippen LogP contribution in [0.3, 0.4) is 0 Å². The Bertz CT molecular complexity index is 1010. The number of rotatable bonds is 8. The van der Waals surface area contributed by atoms with Gasteiger partial charge in [-0.1, -0.05) is 12.1 Å². The van der Waals surface area contributed by atoms with Crippen molar-refractivity contribution in [3.05, 3.63) is 59.2 Å². The van der Waals surface area contributed by atoms with Crippen LogP contribution in [0.25, 0.3) is 5.76 Å². The van der Waals surface area contributed by atoms with Crippen molar-refractivity contribution in [1.82, 2.24) is 4.90 Å². The van der Waals surface area contributed by atoms with E-state index in [1.807, 2.05) is 0 Å². The summed E-state index contributed by atoms with van der Waals surface area (Å²) >= 11 is 0. The number of hydrogen-bond acceptors (Lipinski definition) is 7. The molecule has 0 aromatic heterocycles. The summed E-state index contributed by atoms with van der Waals surface area (Å²) in [5, 5.41) is 11.2. The highest BCUT2D eigenvalue weighted by Gasteiger charge is 2.46. The summed E-state index contributed by atoms with van der Waals surface area (Å²) in [6.45, 7) is 0.416. The Balaban J connectivity index is 2.21. The second kappa shape index (κ2) is 9.53. The number of ketones is 1. The van der Waals surface area contributed by atoms with E-state index in [4.69, 9.17) is 18.9 Å². The van der Waals surface area contributed by atoms with Crippen molar-refractivity contribution in [3.8, 4) is 17.2 Å². The molecule has 1 amide bonds. The van der Waals surface area contributed by atoms with Gasteiger partial charge in [0.2, 0.25) is 0 Å². The predicted molar refractivity (Wildman–Crippen MR) is 113 cm³/mol. The van der Waals surface area contributed by atoms with Crippen molar-refractivity contribution >= 4 is 17.4 Å². The maximum absolute atomic E-state index is 13.0. The lowest BCUT2D eigenvalue weighted by atomic mass is 9.94. The van der Waals surface area contributed by atoms with E-state index in [1.165, 1.54) is 33.3 Å². The lowest BCUT2D eigenvalue weighted by Gasteiger charge is -2.25. The van der Waals surface area contributed by atoms with Gasteiger partial charge in [0, 0.05) is 19.7 Å². The summed E-state index contributed by atoms with van der Waals surface area (Å²) in [5.74, 6) is -0.414. The highest BCUT2D eigenvalue weighted by molar-refractivity contribution is 6.46. The average molecular weight is 427 g/mol. The first-order chi connectivity index (χ1) is 15.0. The Morgan fingerprint density at radius 1 is 0.968 bits per heavy atom. The molecule has 2 aromatic rings. The van der Waals surface area contributed by atoms with Gasteiger partial charge in [0.15, 0.2) is 0 Å². The van der Waals surface area contributed by atoms with Crippen LogP contribution >= 0.6 is 0 Å². The summed E-state index contributed by atoms with van der Waals surface area (Å²) in [7, 11) is 6.00. The molecule has 0 spiro atoms. The van der Waals surface area contributed by atoms with Crippen LogP contribution in [0.1, 0.15) is 17.2 Å². The van der Waals surface area contributed by atoms with Gasteiger partial charge in [-0.15, -0.1) is 0 Å². The van der Waals surface area contributed by atoms with Crippen LogP contribution in [-0.2, 0) is 14.3 Å². The molecule has 1 unspecified atom stereocenters. The third kappa shape index (κ3) is 4.20. The molecule has 0 aliphatic carbocycles. The van der Waals surface area contributed by atoms with Crippen LogP contribution in [0.4, 0.5) is 0 Å². The molecule has 1 aliphatic rings. The number of hydrogen-bond donors (Lipinski definition) is 1. The minimum Gasteiger partial charge on any atom is -0.507 e. The number of ether oxygens (including phenoxy) is 4. The lowest BCUT2D eigenvalue weighted by molar-refractivity contribution is -0.140. The van der Waals surface area contributed by atoms with Crippen LogP contribution < -0.4 is 14.2 Å². The van der Waals surface area contributed by atoms with Gasteiger partial charge in [0.1, 0.15) is 23.0 Å². The summed E-state index contributed by atoms with van der Waals surface area (Å²) < 4.78 is 21.0. The number of methoxy groups -OCH3 is 4. The van der Waals surface area contributed by atoms with Gasteiger partial charge in [-0.3, -0.25) is 9.59 Å². The van der Waals surface area contributed by atoms with Gasteiger partial charge in [-0.25, -0.2) is 0 Å². The maximum atomic E-state index is 13.0. The lowest BCUT2D eigenvalue weighted by Crippen LogP contribution is -2.32. The molecule has 1 aliphatic heterocycles. The van der Waals surface area contributed by atoms with Gasteiger partial charge in [0.25, 0.3) is 11.7 Å². The Kier molecular flexibility index (Phi) is 6.81. The molecule has 3 rings (SSSR count). The number of carbonyl (C=O) groups excluding carboxylic acids is 2. The van der Waals surface area contributed by atoms with Crippen LogP contribution in [0.15, 0.2) is 48.0 Å². The fourth-order valence-electron chi connectivity index (χ4n) is 3.60. The zero-order valence-corrected chi connectivity index (χ0v) is 17.9. The van der Waals surface area contributed by atoms with Crippen LogP contribution in [0, 0.1) is 0 Å². The Morgan fingerprint density at radius 3 is 2.32 bits per heavy atom. The summed E-state index contributed by atoms with van der Waals surface area (Å²) in [4.78, 5) is 27.2. The third-order valence-electron chi connectivity index (χ3n) is 5.15. The maximum Gasteiger partial charge on any atom is 0.295 e. The van der Waals surface area contributed by atoms with E-state index in [9.17, 15) is 14.7 Å². The zero-order chi connectivity index (χ0) is 22.5. The third-order valence-corrected chi connectivity index (χ3v) is 5.15. The van der Waals surface area contributed by atoms with Crippen molar-refractivity contribution in [1.29, 1.82) is 0 Å². The van der Waals surface area contributed by atoms with E-state index in [0.29, 0.717) is 22.8 Å². The molecule has 0 saturated carbocycles. The monoisotopic (exact) mass is 427 g/mol. The minimum absolute atomic E-state index is 0.0298. The number of amides is 1. The van der Waals surface area contributed by atoms with Crippen molar-refractivity contribution < 1.29 is 33.6 Å². The van der Waals surface area contributed by atoms with E-state index in [1.54, 1.807) is 42.5 Å². The molecule has 0 radical (unpaired) electrons. The number of nitrogens with zero attached hydrogens (tertiary/aromatic N) is 1. The first-order valence-corrected chi connectivity index (χ1v) is 9.60. The van der Waals surface area contributed by atoms with Crippen molar-refractivity contribution in [2.75, 3.05) is 41.6 Å². The molecule has 2 aromatic carbocycles. The average Bonchev–Trinajstić information content (AvgIpc) is 3.06. The summed E-state index contributed by atoms with van der Waals surface area (Å²) in [6, 6.07) is 11.0. The highest BCUT2D eigenvalue weighted by atomic mass is 16.5. The number of Topliss-reactive ketones (excluding diaryl/α,β-unsaturated/α-hetero) is 1. The Labute approximate surface area is 180 Å². The minimum atomic E-state index is -0.808. The molecule has 8 nitrogen and oxygen atoms in total. The molecule has 1 heterocycles. The molecule has 164 valence electrons. The smallest absolute Gasteiger partial charge is 0.295 e. The number of benzene rings is 2. The topological polar surface area (TPSA) is 94.5 Å². The van der Waals surface area contributed by atoms with Crippen molar-refractivity contribution in [2.24, 2.45) is 0 Å². The molecule has 0 bridgehead atoms. The Hall–Kier alpha value is -3.52. The number of likely N-dealkylation sites (tertiary alicyclic amines) is 1. The van der Waals surface area contributed by atoms with Crippen LogP contribution in [0.2, 0.25) is 0 Å². The molecule has 1 saturated heterocycles. The molecular formula is C23H25NO7. The number of carbonyl (C=O) groups is 2. The van der Waals surface area contributed by atoms with Gasteiger partial charge < -0.3 is 29.0 Å². The van der Waals surface area contributed by atoms with E-state index in [2.05, 4.69) is 0 Å². The number of aliphatic hydroxyl groups is 1. The molecule has 31 heavy (non-hydrogen) atoms. The van der Waals surface area contributed by atoms with Gasteiger partial charge in [-0.05, 0) is 29.8 Å². The van der Waals surface area contributed by atoms with E-state index < -0.39 is 17.7 Å². The Morgan fingerprint density at radius 2 is 1.68 bits per heavy atom. The van der Waals surface area contributed by atoms with Gasteiger partial charge >= 0.3 is 0 Å².